The molecule has 1 N–H and O–H groups in total. The summed E-state index contributed by atoms with van der Waals surface area (Å²) < 4.78 is 5.40. The van der Waals surface area contributed by atoms with Crippen molar-refractivity contribution in [2.24, 2.45) is 0 Å². The zero-order chi connectivity index (χ0) is 16.4. The molecule has 0 bridgehead atoms. The van der Waals surface area contributed by atoms with Crippen molar-refractivity contribution in [2.45, 2.75) is 25.8 Å². The fourth-order valence-corrected chi connectivity index (χ4v) is 2.87. The van der Waals surface area contributed by atoms with E-state index in [2.05, 4.69) is 5.32 Å². The topological polar surface area (TPSA) is 88.6 Å². The molecule has 7 nitrogen and oxygen atoms in total. The molecule has 0 aliphatic carbocycles. The second-order valence-corrected chi connectivity index (χ2v) is 5.57. The third kappa shape index (κ3) is 3.03. The first-order valence-electron chi connectivity index (χ1n) is 7.42. The number of furan rings is 1. The number of likely N-dealkylation sites (tertiary alicyclic amines) is 1. The summed E-state index contributed by atoms with van der Waals surface area (Å²) in [5.74, 6) is 0.732. The number of rotatable bonds is 3. The predicted molar refractivity (Wildman–Crippen MR) is 84.2 cm³/mol. The molecular formula is C16H17N3O4. The van der Waals surface area contributed by atoms with Gasteiger partial charge in [-0.1, -0.05) is 6.07 Å². The van der Waals surface area contributed by atoms with Crippen molar-refractivity contribution < 1.29 is 14.1 Å². The van der Waals surface area contributed by atoms with Gasteiger partial charge in [0.1, 0.15) is 11.4 Å². The number of amides is 2. The molecule has 2 heterocycles. The van der Waals surface area contributed by atoms with Crippen molar-refractivity contribution in [3.8, 4) is 0 Å². The van der Waals surface area contributed by atoms with Crippen molar-refractivity contribution in [2.75, 3.05) is 11.9 Å². The quantitative estimate of drug-likeness (QED) is 0.688. The van der Waals surface area contributed by atoms with Crippen LogP contribution in [-0.2, 0) is 0 Å². The molecule has 2 amide bonds. The maximum absolute atomic E-state index is 12.5. The number of nitro groups is 1. The Kier molecular flexibility index (Phi) is 4.01. The Morgan fingerprint density at radius 3 is 2.96 bits per heavy atom. The van der Waals surface area contributed by atoms with Crippen LogP contribution in [0.4, 0.5) is 16.2 Å². The normalized spacial score (nSPS) is 17.3. The molecule has 0 unspecified atom stereocenters. The predicted octanol–water partition coefficient (Wildman–Crippen LogP) is 3.87. The Morgan fingerprint density at radius 2 is 2.26 bits per heavy atom. The average molecular weight is 315 g/mol. The van der Waals surface area contributed by atoms with Gasteiger partial charge in [0, 0.05) is 12.6 Å². The first kappa shape index (κ1) is 15.1. The zero-order valence-electron chi connectivity index (χ0n) is 12.7. The summed E-state index contributed by atoms with van der Waals surface area (Å²) in [7, 11) is 0. The summed E-state index contributed by atoms with van der Waals surface area (Å²) in [5, 5.41) is 13.8. The van der Waals surface area contributed by atoms with Gasteiger partial charge in [0.25, 0.3) is 5.69 Å². The molecule has 1 aromatic carbocycles. The second-order valence-electron chi connectivity index (χ2n) is 5.57. The lowest BCUT2D eigenvalue weighted by Gasteiger charge is -2.23. The monoisotopic (exact) mass is 315 g/mol. The van der Waals surface area contributed by atoms with Gasteiger partial charge in [0.15, 0.2) is 0 Å². The summed E-state index contributed by atoms with van der Waals surface area (Å²) in [6.45, 7) is 2.36. The molecule has 3 rings (SSSR count). The van der Waals surface area contributed by atoms with Crippen molar-refractivity contribution in [1.82, 2.24) is 4.90 Å². The minimum absolute atomic E-state index is 0.105. The van der Waals surface area contributed by atoms with E-state index in [0.29, 0.717) is 6.54 Å². The van der Waals surface area contributed by atoms with Gasteiger partial charge in [-0.3, -0.25) is 10.1 Å². The number of nitro benzene ring substituents is 1. The summed E-state index contributed by atoms with van der Waals surface area (Å²) in [6.07, 6.45) is 3.26. The molecule has 1 aliphatic rings. The molecule has 120 valence electrons. The lowest BCUT2D eigenvalue weighted by atomic mass is 10.1. The highest BCUT2D eigenvalue weighted by molar-refractivity contribution is 5.92. The van der Waals surface area contributed by atoms with E-state index >= 15 is 0 Å². The van der Waals surface area contributed by atoms with Crippen molar-refractivity contribution in [3.05, 3.63) is 58.0 Å². The van der Waals surface area contributed by atoms with Crippen LogP contribution in [0.3, 0.4) is 0 Å². The Bertz CT molecular complexity index is 727. The second kappa shape index (κ2) is 6.12. The van der Waals surface area contributed by atoms with Crippen LogP contribution in [0, 0.1) is 17.0 Å². The van der Waals surface area contributed by atoms with E-state index in [9.17, 15) is 14.9 Å². The summed E-state index contributed by atoms with van der Waals surface area (Å²) in [5.41, 5.74) is 0.868. The lowest BCUT2D eigenvalue weighted by molar-refractivity contribution is -0.384. The molecule has 1 aliphatic heterocycles. The molecule has 0 saturated carbocycles. The van der Waals surface area contributed by atoms with E-state index < -0.39 is 4.92 Å². The van der Waals surface area contributed by atoms with Crippen molar-refractivity contribution in [3.63, 3.8) is 0 Å². The minimum Gasteiger partial charge on any atom is -0.467 e. The largest absolute Gasteiger partial charge is 0.467 e. The fraction of sp³-hybridized carbons (Fsp3) is 0.312. The van der Waals surface area contributed by atoms with Gasteiger partial charge in [-0.15, -0.1) is 0 Å². The maximum atomic E-state index is 12.5. The number of hydrogen-bond acceptors (Lipinski definition) is 4. The minimum atomic E-state index is -0.489. The van der Waals surface area contributed by atoms with Crippen LogP contribution in [0.25, 0.3) is 0 Å². The maximum Gasteiger partial charge on any atom is 0.322 e. The smallest absolute Gasteiger partial charge is 0.322 e. The highest BCUT2D eigenvalue weighted by atomic mass is 16.6. The van der Waals surface area contributed by atoms with Crippen LogP contribution in [0.1, 0.15) is 30.2 Å². The Morgan fingerprint density at radius 1 is 1.43 bits per heavy atom. The number of nitrogens with zero attached hydrogens (tertiary/aromatic N) is 2. The fourth-order valence-electron chi connectivity index (χ4n) is 2.87. The molecule has 2 aromatic rings. The Hall–Kier alpha value is -2.83. The third-order valence-corrected chi connectivity index (χ3v) is 3.98. The number of aryl methyl sites for hydroxylation is 1. The van der Waals surface area contributed by atoms with Gasteiger partial charge >= 0.3 is 6.03 Å². The van der Waals surface area contributed by atoms with Crippen molar-refractivity contribution >= 4 is 17.4 Å². The number of carbonyl (C=O) groups excluding carboxylic acids is 1. The van der Waals surface area contributed by atoms with Gasteiger partial charge in [-0.05, 0) is 43.5 Å². The summed E-state index contributed by atoms with van der Waals surface area (Å²) in [4.78, 5) is 24.8. The highest BCUT2D eigenvalue weighted by Crippen LogP contribution is 2.33. The van der Waals surface area contributed by atoms with Gasteiger partial charge in [0.05, 0.1) is 17.2 Å². The van der Waals surface area contributed by atoms with E-state index in [1.807, 2.05) is 6.07 Å². The Labute approximate surface area is 133 Å². The number of nitrogens with one attached hydrogen (secondary N) is 1. The summed E-state index contributed by atoms with van der Waals surface area (Å²) in [6, 6.07) is 7.88. The first-order chi connectivity index (χ1) is 11.1. The highest BCUT2D eigenvalue weighted by Gasteiger charge is 2.32. The van der Waals surface area contributed by atoms with Gasteiger partial charge < -0.3 is 14.6 Å². The molecule has 1 atom stereocenters. The molecule has 0 spiro atoms. The lowest BCUT2D eigenvalue weighted by Crippen LogP contribution is -2.34. The molecule has 1 aromatic heterocycles. The number of carbonyl (C=O) groups is 1. The zero-order valence-corrected chi connectivity index (χ0v) is 12.7. The number of urea groups is 1. The van der Waals surface area contributed by atoms with Crippen LogP contribution in [0.15, 0.2) is 41.0 Å². The SMILES string of the molecule is Cc1ccc(NC(=O)N2CCC[C@H]2c2ccco2)c([N+](=O)[O-])c1. The van der Waals surface area contributed by atoms with Gasteiger partial charge in [-0.2, -0.15) is 0 Å². The first-order valence-corrected chi connectivity index (χ1v) is 7.42. The third-order valence-electron chi connectivity index (χ3n) is 3.98. The Balaban J connectivity index is 1.80. The van der Waals surface area contributed by atoms with E-state index in [0.717, 1.165) is 24.2 Å². The molecule has 1 fully saturated rings. The van der Waals surface area contributed by atoms with Crippen LogP contribution >= 0.6 is 0 Å². The summed E-state index contributed by atoms with van der Waals surface area (Å²) >= 11 is 0. The van der Waals surface area contributed by atoms with E-state index in [4.69, 9.17) is 4.42 Å². The number of hydrogen-bond donors (Lipinski definition) is 1. The average Bonchev–Trinajstić information content (AvgIpc) is 3.19. The molecular weight excluding hydrogens is 298 g/mol. The van der Waals surface area contributed by atoms with E-state index in [1.54, 1.807) is 36.3 Å². The molecule has 1 saturated heterocycles. The van der Waals surface area contributed by atoms with Crippen LogP contribution < -0.4 is 5.32 Å². The molecule has 0 radical (unpaired) electrons. The van der Waals surface area contributed by atoms with E-state index in [1.165, 1.54) is 6.07 Å². The van der Waals surface area contributed by atoms with Gasteiger partial charge in [-0.25, -0.2) is 4.79 Å². The van der Waals surface area contributed by atoms with Crippen molar-refractivity contribution in [1.29, 1.82) is 0 Å². The standard InChI is InChI=1S/C16H17N3O4/c1-11-6-7-12(14(10-11)19(21)22)17-16(20)18-8-2-4-13(18)15-5-3-9-23-15/h3,5-7,9-10,13H,2,4,8H2,1H3,(H,17,20)/t13-/m0/s1. The number of anilines is 1. The number of benzene rings is 1. The molecule has 7 heteroatoms. The molecule has 23 heavy (non-hydrogen) atoms. The van der Waals surface area contributed by atoms with Crippen LogP contribution in [0.2, 0.25) is 0 Å². The van der Waals surface area contributed by atoms with E-state index in [-0.39, 0.29) is 23.4 Å². The van der Waals surface area contributed by atoms with Crippen LogP contribution in [0.5, 0.6) is 0 Å². The van der Waals surface area contributed by atoms with Crippen LogP contribution in [-0.4, -0.2) is 22.4 Å². The van der Waals surface area contributed by atoms with Gasteiger partial charge in [0.2, 0.25) is 0 Å².